The molecule has 3 N–H and O–H groups in total. The number of nitrogens with two attached hydrogens (primary N) is 1. The van der Waals surface area contributed by atoms with Crippen molar-refractivity contribution >= 4 is 17.2 Å². The maximum Gasteiger partial charge on any atom is 0.270 e. The Kier molecular flexibility index (Phi) is 7.72. The summed E-state index contributed by atoms with van der Waals surface area (Å²) < 4.78 is 0. The number of hydrogen-bond donors (Lipinski definition) is 2. The average molecular weight is 395 g/mol. The maximum atomic E-state index is 12.2. The van der Waals surface area contributed by atoms with Gasteiger partial charge in [0.25, 0.3) is 5.91 Å². The number of benzene rings is 2. The fourth-order valence-electron chi connectivity index (χ4n) is 3.00. The molecule has 0 fully saturated rings. The number of carbonyl (C=O) groups excluding carboxylic acids is 1. The second kappa shape index (κ2) is 10.7. The van der Waals surface area contributed by atoms with Crippen LogP contribution in [-0.2, 0) is 19.6 Å². The number of thiazole rings is 1. The predicted molar refractivity (Wildman–Crippen MR) is 114 cm³/mol. The quantitative estimate of drug-likeness (QED) is 0.517. The third-order valence-electron chi connectivity index (χ3n) is 4.39. The van der Waals surface area contributed by atoms with Crippen LogP contribution in [0.1, 0.15) is 33.0 Å². The molecule has 146 valence electrons. The first-order valence-electron chi connectivity index (χ1n) is 9.47. The molecule has 2 aromatic carbocycles. The second-order valence-electron chi connectivity index (χ2n) is 6.62. The molecule has 0 saturated carbocycles. The number of nitrogens with one attached hydrogen (secondary N) is 1. The van der Waals surface area contributed by atoms with Crippen molar-refractivity contribution in [3.05, 3.63) is 87.9 Å². The Hall–Kier alpha value is -2.54. The van der Waals surface area contributed by atoms with Crippen molar-refractivity contribution in [2.75, 3.05) is 13.1 Å². The third kappa shape index (κ3) is 6.27. The lowest BCUT2D eigenvalue weighted by Gasteiger charge is -2.22. The van der Waals surface area contributed by atoms with Crippen molar-refractivity contribution in [3.8, 4) is 0 Å². The number of hydrogen-bond acceptors (Lipinski definition) is 5. The highest BCUT2D eigenvalue weighted by Crippen LogP contribution is 2.11. The summed E-state index contributed by atoms with van der Waals surface area (Å²) in [5.41, 5.74) is 8.59. The lowest BCUT2D eigenvalue weighted by Crippen LogP contribution is -2.30. The summed E-state index contributed by atoms with van der Waals surface area (Å²) in [6.45, 7) is 3.65. The van der Waals surface area contributed by atoms with Crippen LogP contribution in [0, 0.1) is 0 Å². The molecule has 1 aromatic heterocycles. The van der Waals surface area contributed by atoms with E-state index in [0.29, 0.717) is 18.8 Å². The monoisotopic (exact) mass is 394 g/mol. The Morgan fingerprint density at radius 1 is 1.00 bits per heavy atom. The van der Waals surface area contributed by atoms with Gasteiger partial charge in [0.15, 0.2) is 0 Å². The smallest absolute Gasteiger partial charge is 0.270 e. The Labute approximate surface area is 170 Å². The van der Waals surface area contributed by atoms with E-state index in [1.165, 1.54) is 22.5 Å². The minimum atomic E-state index is -0.131. The van der Waals surface area contributed by atoms with Gasteiger partial charge >= 0.3 is 0 Å². The molecule has 1 heterocycles. The molecule has 28 heavy (non-hydrogen) atoms. The van der Waals surface area contributed by atoms with Crippen molar-refractivity contribution in [1.29, 1.82) is 0 Å². The topological polar surface area (TPSA) is 71.2 Å². The van der Waals surface area contributed by atoms with Gasteiger partial charge in [-0.2, -0.15) is 0 Å². The van der Waals surface area contributed by atoms with Gasteiger partial charge in [-0.3, -0.25) is 9.69 Å². The molecule has 0 bridgehead atoms. The summed E-state index contributed by atoms with van der Waals surface area (Å²) >= 11 is 1.42. The van der Waals surface area contributed by atoms with Crippen LogP contribution in [0.2, 0.25) is 0 Å². The molecule has 5 nitrogen and oxygen atoms in total. The third-order valence-corrected chi connectivity index (χ3v) is 5.26. The van der Waals surface area contributed by atoms with Gasteiger partial charge in [-0.1, -0.05) is 60.7 Å². The fourth-order valence-corrected chi connectivity index (χ4v) is 3.66. The van der Waals surface area contributed by atoms with Crippen LogP contribution in [0.15, 0.2) is 66.0 Å². The van der Waals surface area contributed by atoms with Crippen LogP contribution in [-0.4, -0.2) is 28.9 Å². The van der Waals surface area contributed by atoms with E-state index in [4.69, 9.17) is 5.73 Å². The maximum absolute atomic E-state index is 12.2. The van der Waals surface area contributed by atoms with Crippen molar-refractivity contribution in [3.63, 3.8) is 0 Å². The second-order valence-corrected chi connectivity index (χ2v) is 7.56. The molecule has 1 amide bonds. The highest BCUT2D eigenvalue weighted by molar-refractivity contribution is 7.09. The summed E-state index contributed by atoms with van der Waals surface area (Å²) in [6.07, 6.45) is 0.874. The molecule has 0 aliphatic rings. The van der Waals surface area contributed by atoms with Gasteiger partial charge in [0.2, 0.25) is 0 Å². The van der Waals surface area contributed by atoms with Crippen LogP contribution >= 0.6 is 11.3 Å². The normalized spacial score (nSPS) is 10.9. The summed E-state index contributed by atoms with van der Waals surface area (Å²) in [5.74, 6) is -0.131. The van der Waals surface area contributed by atoms with E-state index in [0.717, 1.165) is 31.1 Å². The van der Waals surface area contributed by atoms with E-state index in [9.17, 15) is 4.79 Å². The molecule has 0 unspecified atom stereocenters. The highest BCUT2D eigenvalue weighted by Gasteiger charge is 2.11. The van der Waals surface area contributed by atoms with Crippen molar-refractivity contribution in [2.24, 2.45) is 5.73 Å². The van der Waals surface area contributed by atoms with Crippen LogP contribution in [0.5, 0.6) is 0 Å². The standard InChI is InChI=1S/C22H26N4OS/c23-14-21-25-20(17-28-21)22(27)24-12-7-13-26(15-18-8-3-1-4-9-18)16-19-10-5-2-6-11-19/h1-6,8-11,17H,7,12-16,23H2,(H,24,27). The summed E-state index contributed by atoms with van der Waals surface area (Å²) in [6, 6.07) is 20.9. The van der Waals surface area contributed by atoms with Gasteiger partial charge in [0.1, 0.15) is 10.7 Å². The van der Waals surface area contributed by atoms with E-state index >= 15 is 0 Å². The Balaban J connectivity index is 1.51. The van der Waals surface area contributed by atoms with Gasteiger partial charge in [0.05, 0.1) is 0 Å². The van der Waals surface area contributed by atoms with Crippen LogP contribution < -0.4 is 11.1 Å². The van der Waals surface area contributed by atoms with Crippen LogP contribution in [0.3, 0.4) is 0 Å². The van der Waals surface area contributed by atoms with E-state index in [1.54, 1.807) is 5.38 Å². The molecular formula is C22H26N4OS. The number of nitrogens with zero attached hydrogens (tertiary/aromatic N) is 2. The zero-order chi connectivity index (χ0) is 19.6. The lowest BCUT2D eigenvalue weighted by molar-refractivity contribution is 0.0946. The Bertz CT molecular complexity index is 810. The van der Waals surface area contributed by atoms with E-state index in [1.807, 2.05) is 12.1 Å². The van der Waals surface area contributed by atoms with Gasteiger partial charge in [-0.15, -0.1) is 11.3 Å². The van der Waals surface area contributed by atoms with Crippen LogP contribution in [0.25, 0.3) is 0 Å². The zero-order valence-corrected chi connectivity index (χ0v) is 16.7. The van der Waals surface area contributed by atoms with Crippen molar-refractivity contribution < 1.29 is 4.79 Å². The molecule has 0 aliphatic carbocycles. The van der Waals surface area contributed by atoms with Crippen LogP contribution in [0.4, 0.5) is 0 Å². The first kappa shape index (κ1) is 20.2. The first-order chi connectivity index (χ1) is 13.7. The largest absolute Gasteiger partial charge is 0.351 e. The number of amides is 1. The average Bonchev–Trinajstić information content (AvgIpc) is 3.22. The molecule has 0 aliphatic heterocycles. The number of carbonyl (C=O) groups is 1. The van der Waals surface area contributed by atoms with E-state index in [2.05, 4.69) is 63.7 Å². The lowest BCUT2D eigenvalue weighted by atomic mass is 10.1. The number of aromatic nitrogens is 1. The molecule has 3 aromatic rings. The molecular weight excluding hydrogens is 368 g/mol. The SMILES string of the molecule is NCc1nc(C(=O)NCCCN(Cc2ccccc2)Cc2ccccc2)cs1. The summed E-state index contributed by atoms with van der Waals surface area (Å²) in [7, 11) is 0. The predicted octanol–water partition coefficient (Wildman–Crippen LogP) is 3.42. The molecule has 6 heteroatoms. The van der Waals surface area contributed by atoms with Gasteiger partial charge < -0.3 is 11.1 Å². The highest BCUT2D eigenvalue weighted by atomic mass is 32.1. The van der Waals surface area contributed by atoms with Gasteiger partial charge in [0, 0.05) is 38.1 Å². The molecule has 0 spiro atoms. The van der Waals surface area contributed by atoms with Crippen molar-refractivity contribution in [2.45, 2.75) is 26.1 Å². The molecule has 3 rings (SSSR count). The molecule has 0 radical (unpaired) electrons. The first-order valence-corrected chi connectivity index (χ1v) is 10.4. The molecule has 0 atom stereocenters. The Morgan fingerprint density at radius 2 is 1.61 bits per heavy atom. The Morgan fingerprint density at radius 3 is 2.14 bits per heavy atom. The minimum absolute atomic E-state index is 0.131. The molecule has 0 saturated heterocycles. The minimum Gasteiger partial charge on any atom is -0.351 e. The van der Waals surface area contributed by atoms with Gasteiger partial charge in [-0.05, 0) is 17.5 Å². The van der Waals surface area contributed by atoms with E-state index < -0.39 is 0 Å². The fraction of sp³-hybridized carbons (Fsp3) is 0.273. The van der Waals surface area contributed by atoms with Crippen molar-refractivity contribution in [1.82, 2.24) is 15.2 Å². The summed E-state index contributed by atoms with van der Waals surface area (Å²) in [4.78, 5) is 18.8. The van der Waals surface area contributed by atoms with Gasteiger partial charge in [-0.25, -0.2) is 4.98 Å². The van der Waals surface area contributed by atoms with E-state index in [-0.39, 0.29) is 5.91 Å². The summed E-state index contributed by atoms with van der Waals surface area (Å²) in [5, 5.41) is 5.50. The number of rotatable bonds is 10. The zero-order valence-electron chi connectivity index (χ0n) is 15.9.